The third-order valence-corrected chi connectivity index (χ3v) is 23.6. The molecular formula is C106H102N28. The summed E-state index contributed by atoms with van der Waals surface area (Å²) in [7, 11) is 0. The molecule has 0 spiro atoms. The zero-order valence-corrected chi connectivity index (χ0v) is 74.2. The van der Waals surface area contributed by atoms with Crippen molar-refractivity contribution < 1.29 is 0 Å². The van der Waals surface area contributed by atoms with Crippen molar-refractivity contribution in [3.05, 3.63) is 299 Å². The summed E-state index contributed by atoms with van der Waals surface area (Å²) in [6, 6.07) is 89.5. The lowest BCUT2D eigenvalue weighted by atomic mass is 9.97. The predicted octanol–water partition coefficient (Wildman–Crippen LogP) is 16.0. The molecule has 28 nitrogen and oxygen atoms in total. The van der Waals surface area contributed by atoms with Gasteiger partial charge in [-0.1, -0.05) is 176 Å². The maximum atomic E-state index is 4.41. The van der Waals surface area contributed by atoms with Gasteiger partial charge in [0.2, 0.25) is 23.8 Å². The molecule has 15 aromatic carbocycles. The van der Waals surface area contributed by atoms with Gasteiger partial charge in [0.1, 0.15) is 23.3 Å². The van der Waals surface area contributed by atoms with E-state index in [1.165, 1.54) is 97.0 Å². The summed E-state index contributed by atoms with van der Waals surface area (Å²) in [5.41, 5.74) is 32.5. The van der Waals surface area contributed by atoms with E-state index in [4.69, 9.17) is 0 Å². The maximum absolute atomic E-state index is 4.41. The number of nitrogens with one attached hydrogen (secondary N) is 12. The Morgan fingerprint density at radius 1 is 0.194 bits per heavy atom. The summed E-state index contributed by atoms with van der Waals surface area (Å²) in [5.74, 6) is 6.79. The molecule has 0 radical (unpaired) electrons. The van der Waals surface area contributed by atoms with Gasteiger partial charge in [0.25, 0.3) is 0 Å². The molecule has 15 aromatic rings. The zero-order chi connectivity index (χ0) is 90.1. The van der Waals surface area contributed by atoms with E-state index in [1.54, 1.807) is 0 Å². The molecule has 8 heterocycles. The van der Waals surface area contributed by atoms with E-state index >= 15 is 0 Å². The van der Waals surface area contributed by atoms with Gasteiger partial charge in [-0.05, 0) is 229 Å². The van der Waals surface area contributed by atoms with Gasteiger partial charge in [-0.2, -0.15) is 40.8 Å². The Bertz CT molecular complexity index is 7140. The number of hydrazone groups is 8. The van der Waals surface area contributed by atoms with Crippen LogP contribution in [0.5, 0.6) is 0 Å². The van der Waals surface area contributed by atoms with Gasteiger partial charge in [-0.15, -0.1) is 0 Å². The second kappa shape index (κ2) is 43.1. The topological polar surface area (TPSA) is 342 Å². The number of hydrogen-bond acceptors (Lipinski definition) is 28. The third-order valence-electron chi connectivity index (χ3n) is 23.6. The minimum absolute atomic E-state index is 0.717. The summed E-state index contributed by atoms with van der Waals surface area (Å²) in [5, 5.41) is 71.2. The molecular weight excluding hydrogens is 1670 g/mol. The first kappa shape index (κ1) is 86.6. The molecule has 0 bridgehead atoms. The van der Waals surface area contributed by atoms with Crippen LogP contribution in [0.15, 0.2) is 336 Å². The molecule has 134 heavy (non-hydrogen) atoms. The van der Waals surface area contributed by atoms with Crippen molar-refractivity contribution in [3.8, 4) is 0 Å². The standard InChI is InChI=1S/C24H24N6.C23H23N7.C22H22N8.C19H17N3.C18H16N4/c1-5-17-13-22-18(6-2-8-20(22)16-28-30-24-10-4-12-26-24)14-21(17)19(7-1)15-27-29-23-9-3-11-25-23;1-4-16-12-17-5-2-7-19(15-28-30-23-25-10-11-26-23)21(17)13-20(16)18(6-1)14-27-29-22-8-3-9-24-22;1-3-17-11-20-10-16(14-28-30-22-25-7-8-26-22)2-4-18(20)12-19(17)9-15(1)13-27-29-21-23-5-6-24-21;1-2-6-15-12-18-16(11-14(15)5-1)7-3-8-17(18)13-21-22-19-9-4-10-20-19;1-2-4-15-11-17-9-13(5-6-16(17)10-14(15)3-1)12-21-22-18-19-7-8-20-18/h1-2,5-8,13-16H,3-4,9-12H2,(H,25,29)(H,26,30);1-2,4-7,12-15H,3,8-11H2,(H,24,29)(H2,25,26,30);1-4,9-14H,5-8H2,(H2,23,24,29)(H2,25,26,30);1-3,5-8,11-13H,4,9-10H2,(H,20,22);1-6,9-12H,7-8H2,(H2,19,20,22)/b27-15+,28-16+;27-14+,28-15+;27-13-,28-14-;21-13+;21-12-. The van der Waals surface area contributed by atoms with Crippen LogP contribution in [0, 0.1) is 0 Å². The molecule has 8 aliphatic rings. The van der Waals surface area contributed by atoms with E-state index in [2.05, 4.69) is 400 Å². The lowest BCUT2D eigenvalue weighted by molar-refractivity contribution is 0.920. The third kappa shape index (κ3) is 22.5. The highest BCUT2D eigenvalue weighted by Crippen LogP contribution is 2.32. The van der Waals surface area contributed by atoms with E-state index in [-0.39, 0.29) is 0 Å². The van der Waals surface area contributed by atoms with Crippen LogP contribution in [-0.2, 0) is 0 Å². The number of guanidine groups is 4. The molecule has 0 unspecified atom stereocenters. The van der Waals surface area contributed by atoms with Crippen molar-refractivity contribution in [1.82, 2.24) is 64.7 Å². The van der Waals surface area contributed by atoms with E-state index in [9.17, 15) is 0 Å². The highest BCUT2D eigenvalue weighted by atomic mass is 15.4. The molecule has 28 heteroatoms. The normalized spacial score (nSPS) is 15.8. The van der Waals surface area contributed by atoms with Crippen LogP contribution >= 0.6 is 0 Å². The van der Waals surface area contributed by atoms with Crippen molar-refractivity contribution in [2.24, 2.45) is 80.8 Å². The lowest BCUT2D eigenvalue weighted by Crippen LogP contribution is -2.30. The first-order valence-electron chi connectivity index (χ1n) is 45.7. The number of amidine groups is 4. The first-order chi connectivity index (χ1) is 66.3. The number of rotatable bonds is 16. The van der Waals surface area contributed by atoms with Crippen molar-refractivity contribution >= 4 is 205 Å². The van der Waals surface area contributed by atoms with Crippen LogP contribution in [0.3, 0.4) is 0 Å². The first-order valence-corrected chi connectivity index (χ1v) is 45.7. The molecule has 0 aromatic heterocycles. The van der Waals surface area contributed by atoms with Gasteiger partial charge in [-0.25, -0.2) is 41.7 Å². The molecule has 0 fully saturated rings. The highest BCUT2D eigenvalue weighted by Gasteiger charge is 2.15. The van der Waals surface area contributed by atoms with E-state index in [0.29, 0.717) is 0 Å². The SMILES string of the molecule is C(=N/NC1=NCCN1)/c1ccc2cc3cc(/C=N\NC4=NCCN4)ccc3cc2c1.C(=N/NC1=NCCN1)/c1ccc2cc3ccccc3cc2c1.C(=N\NC1=NCCC1)/c1cccc2cc3c(/C=N/NC4=NCCC4)cccc3cc12.C(=N\NC1=NCCC1)/c1cccc2cc3cccc(/C=N/NC4=NCCN4)c3cc12.C(=N\NC1=NCCC1)/c1cccc2cc3ccccc3cc12. The Balaban J connectivity index is 0.000000108. The Morgan fingerprint density at radius 2 is 0.425 bits per heavy atom. The molecule has 0 aliphatic carbocycles. The summed E-state index contributed by atoms with van der Waals surface area (Å²) in [6.07, 6.45) is 23.1. The van der Waals surface area contributed by atoms with Crippen molar-refractivity contribution in [2.45, 2.75) is 51.4 Å². The number of aliphatic imine (C=N–C) groups is 8. The quantitative estimate of drug-likeness (QED) is 0.0244. The van der Waals surface area contributed by atoms with Crippen molar-refractivity contribution in [3.63, 3.8) is 0 Å². The monoisotopic (exact) mass is 1770 g/mol. The number of benzene rings is 15. The largest absolute Gasteiger partial charge is 0.353 e. The van der Waals surface area contributed by atoms with Crippen LogP contribution in [-0.4, -0.2) is 175 Å². The molecule has 666 valence electrons. The Morgan fingerprint density at radius 3 is 0.709 bits per heavy atom. The highest BCUT2D eigenvalue weighted by molar-refractivity contribution is 6.14. The summed E-state index contributed by atoms with van der Waals surface area (Å²) in [4.78, 5) is 34.6. The molecule has 0 saturated carbocycles. The molecule has 0 saturated heterocycles. The van der Waals surface area contributed by atoms with E-state index in [0.717, 1.165) is 232 Å². The number of fused-ring (bicyclic) bond motifs is 10. The molecule has 12 N–H and O–H groups in total. The van der Waals surface area contributed by atoms with Crippen LogP contribution in [0.25, 0.3) is 108 Å². The van der Waals surface area contributed by atoms with Gasteiger partial charge >= 0.3 is 0 Å². The summed E-state index contributed by atoms with van der Waals surface area (Å²) < 4.78 is 0. The molecule has 8 aliphatic heterocycles. The van der Waals surface area contributed by atoms with Crippen LogP contribution in [0.4, 0.5) is 0 Å². The number of hydrogen-bond donors (Lipinski definition) is 12. The fourth-order valence-electron chi connectivity index (χ4n) is 16.8. The molecule has 0 amide bonds. The Kier molecular flexibility index (Phi) is 27.8. The Labute approximate surface area is 774 Å². The average Bonchev–Trinajstić information content (AvgIpc) is 1.01. The van der Waals surface area contributed by atoms with Crippen LogP contribution in [0.2, 0.25) is 0 Å². The minimum atomic E-state index is 0.717. The predicted molar refractivity (Wildman–Crippen MR) is 560 cm³/mol. The number of nitrogens with zero attached hydrogens (tertiary/aromatic N) is 16. The minimum Gasteiger partial charge on any atom is -0.353 e. The fourth-order valence-corrected chi connectivity index (χ4v) is 16.8. The maximum Gasteiger partial charge on any atom is 0.212 e. The average molecular weight is 1770 g/mol. The molecule has 23 rings (SSSR count). The van der Waals surface area contributed by atoms with Gasteiger partial charge in [0, 0.05) is 106 Å². The van der Waals surface area contributed by atoms with Crippen LogP contribution < -0.4 is 64.7 Å². The van der Waals surface area contributed by atoms with E-state index < -0.39 is 0 Å². The fraction of sp³-hybridized carbons (Fsp3) is 0.189. The van der Waals surface area contributed by atoms with Gasteiger partial charge in [-0.3, -0.25) is 41.7 Å². The lowest BCUT2D eigenvalue weighted by Gasteiger charge is -2.08. The van der Waals surface area contributed by atoms with Crippen molar-refractivity contribution in [2.75, 3.05) is 78.5 Å². The van der Waals surface area contributed by atoms with Gasteiger partial charge < -0.3 is 21.3 Å². The summed E-state index contributed by atoms with van der Waals surface area (Å²) >= 11 is 0. The van der Waals surface area contributed by atoms with Crippen molar-refractivity contribution in [1.29, 1.82) is 0 Å². The Hall–Kier alpha value is -16.8. The van der Waals surface area contributed by atoms with Crippen LogP contribution in [0.1, 0.15) is 95.9 Å². The van der Waals surface area contributed by atoms with Gasteiger partial charge in [0.05, 0.1) is 75.9 Å². The van der Waals surface area contributed by atoms with E-state index in [1.807, 2.05) is 49.7 Å². The smallest absolute Gasteiger partial charge is 0.212 e. The summed E-state index contributed by atoms with van der Waals surface area (Å²) in [6.45, 7) is 10.2. The second-order valence-corrected chi connectivity index (χ2v) is 32.9. The zero-order valence-electron chi connectivity index (χ0n) is 74.2. The van der Waals surface area contributed by atoms with Gasteiger partial charge in [0.15, 0.2) is 0 Å². The molecule has 0 atom stereocenters. The second-order valence-electron chi connectivity index (χ2n) is 32.9.